The molecule has 2 aromatic carbocycles. The normalized spacial score (nSPS) is 10.3. The van der Waals surface area contributed by atoms with Gasteiger partial charge in [-0.25, -0.2) is 0 Å². The van der Waals surface area contributed by atoms with Gasteiger partial charge in [0, 0.05) is 19.2 Å². The van der Waals surface area contributed by atoms with Crippen molar-refractivity contribution in [1.82, 2.24) is 4.90 Å². The van der Waals surface area contributed by atoms with Crippen LogP contribution in [0.1, 0.15) is 15.9 Å². The Morgan fingerprint density at radius 2 is 1.90 bits per heavy atom. The third-order valence-electron chi connectivity index (χ3n) is 3.17. The highest BCUT2D eigenvalue weighted by molar-refractivity contribution is 6.33. The molecule has 2 N–H and O–H groups in total. The SMILES string of the molecule is CN(CCc1ccccc1)C(=O)c1ccc(N)c(Cl)c1. The molecule has 0 spiro atoms. The van der Waals surface area contributed by atoms with E-state index in [9.17, 15) is 4.79 Å². The molecule has 0 radical (unpaired) electrons. The molecular formula is C16H17ClN2O. The fraction of sp³-hybridized carbons (Fsp3) is 0.188. The van der Waals surface area contributed by atoms with Crippen LogP contribution in [0.4, 0.5) is 5.69 Å². The second-order valence-corrected chi connectivity index (χ2v) is 5.11. The summed E-state index contributed by atoms with van der Waals surface area (Å²) in [5.41, 5.74) is 7.89. The van der Waals surface area contributed by atoms with E-state index in [1.807, 2.05) is 18.2 Å². The van der Waals surface area contributed by atoms with E-state index in [-0.39, 0.29) is 5.91 Å². The van der Waals surface area contributed by atoms with Crippen LogP contribution in [0, 0.1) is 0 Å². The van der Waals surface area contributed by atoms with Crippen molar-refractivity contribution in [3.8, 4) is 0 Å². The Hall–Kier alpha value is -2.00. The van der Waals surface area contributed by atoms with Gasteiger partial charge in [-0.1, -0.05) is 41.9 Å². The van der Waals surface area contributed by atoms with Crippen LogP contribution in [0.5, 0.6) is 0 Å². The maximum absolute atomic E-state index is 12.3. The van der Waals surface area contributed by atoms with E-state index in [4.69, 9.17) is 17.3 Å². The molecule has 4 heteroatoms. The van der Waals surface area contributed by atoms with Crippen LogP contribution >= 0.6 is 11.6 Å². The number of carbonyl (C=O) groups is 1. The van der Waals surface area contributed by atoms with Gasteiger partial charge in [0.2, 0.25) is 0 Å². The first-order valence-corrected chi connectivity index (χ1v) is 6.80. The van der Waals surface area contributed by atoms with Crippen LogP contribution in [0.2, 0.25) is 5.02 Å². The Labute approximate surface area is 124 Å². The van der Waals surface area contributed by atoms with Crippen molar-refractivity contribution in [2.45, 2.75) is 6.42 Å². The predicted octanol–water partition coefficient (Wildman–Crippen LogP) is 3.24. The van der Waals surface area contributed by atoms with Crippen LogP contribution in [0.15, 0.2) is 48.5 Å². The summed E-state index contributed by atoms with van der Waals surface area (Å²) in [6.45, 7) is 0.658. The van der Waals surface area contributed by atoms with E-state index in [0.29, 0.717) is 22.8 Å². The molecular weight excluding hydrogens is 272 g/mol. The maximum atomic E-state index is 12.3. The topological polar surface area (TPSA) is 46.3 Å². The van der Waals surface area contributed by atoms with Crippen molar-refractivity contribution < 1.29 is 4.79 Å². The molecule has 0 bridgehead atoms. The van der Waals surface area contributed by atoms with Crippen LogP contribution in [0.25, 0.3) is 0 Å². The van der Waals surface area contributed by atoms with Gasteiger partial charge in [0.25, 0.3) is 5.91 Å². The first kappa shape index (κ1) is 14.4. The summed E-state index contributed by atoms with van der Waals surface area (Å²) in [5, 5.41) is 0.410. The monoisotopic (exact) mass is 288 g/mol. The molecule has 0 aliphatic carbocycles. The highest BCUT2D eigenvalue weighted by Gasteiger charge is 2.12. The Morgan fingerprint density at radius 3 is 2.55 bits per heavy atom. The second kappa shape index (κ2) is 6.44. The first-order chi connectivity index (χ1) is 9.58. The number of anilines is 1. The third kappa shape index (κ3) is 3.52. The lowest BCUT2D eigenvalue weighted by Gasteiger charge is -2.17. The summed E-state index contributed by atoms with van der Waals surface area (Å²) in [5.74, 6) is -0.0529. The summed E-state index contributed by atoms with van der Waals surface area (Å²) in [7, 11) is 1.79. The second-order valence-electron chi connectivity index (χ2n) is 4.70. The number of carbonyl (C=O) groups excluding carboxylic acids is 1. The van der Waals surface area contributed by atoms with Crippen molar-refractivity contribution in [1.29, 1.82) is 0 Å². The summed E-state index contributed by atoms with van der Waals surface area (Å²) in [6.07, 6.45) is 0.825. The third-order valence-corrected chi connectivity index (χ3v) is 3.50. The van der Waals surface area contributed by atoms with Gasteiger partial charge in [-0.15, -0.1) is 0 Å². The van der Waals surface area contributed by atoms with Gasteiger partial charge in [-0.05, 0) is 30.2 Å². The number of rotatable bonds is 4. The van der Waals surface area contributed by atoms with Crippen molar-refractivity contribution in [2.24, 2.45) is 0 Å². The number of nitrogen functional groups attached to an aromatic ring is 1. The van der Waals surface area contributed by atoms with Gasteiger partial charge in [0.05, 0.1) is 10.7 Å². The number of amides is 1. The van der Waals surface area contributed by atoms with Gasteiger partial charge in [-0.3, -0.25) is 4.79 Å². The minimum Gasteiger partial charge on any atom is -0.398 e. The number of halogens is 1. The first-order valence-electron chi connectivity index (χ1n) is 6.42. The van der Waals surface area contributed by atoms with Gasteiger partial charge >= 0.3 is 0 Å². The highest BCUT2D eigenvalue weighted by Crippen LogP contribution is 2.20. The maximum Gasteiger partial charge on any atom is 0.253 e. The number of nitrogens with zero attached hydrogens (tertiary/aromatic N) is 1. The van der Waals surface area contributed by atoms with Crippen LogP contribution < -0.4 is 5.73 Å². The molecule has 0 saturated heterocycles. The van der Waals surface area contributed by atoms with Crippen molar-refractivity contribution in [2.75, 3.05) is 19.3 Å². The van der Waals surface area contributed by atoms with Crippen LogP contribution in [-0.2, 0) is 6.42 Å². The zero-order chi connectivity index (χ0) is 14.5. The molecule has 0 unspecified atom stereocenters. The molecule has 20 heavy (non-hydrogen) atoms. The Bertz CT molecular complexity index is 599. The Kier molecular flexibility index (Phi) is 4.64. The molecule has 0 fully saturated rings. The highest BCUT2D eigenvalue weighted by atomic mass is 35.5. The summed E-state index contributed by atoms with van der Waals surface area (Å²) >= 11 is 5.94. The van der Waals surface area contributed by atoms with E-state index in [1.165, 1.54) is 5.56 Å². The van der Waals surface area contributed by atoms with E-state index in [2.05, 4.69) is 12.1 Å². The number of hydrogen-bond acceptors (Lipinski definition) is 2. The zero-order valence-electron chi connectivity index (χ0n) is 11.3. The minimum absolute atomic E-state index is 0.0529. The zero-order valence-corrected chi connectivity index (χ0v) is 12.1. The van der Waals surface area contributed by atoms with E-state index < -0.39 is 0 Å². The molecule has 0 aliphatic heterocycles. The molecule has 2 aromatic rings. The predicted molar refractivity (Wildman–Crippen MR) is 83.0 cm³/mol. The van der Waals surface area contributed by atoms with Crippen molar-refractivity contribution in [3.05, 3.63) is 64.7 Å². The average Bonchev–Trinajstić information content (AvgIpc) is 2.48. The minimum atomic E-state index is -0.0529. The fourth-order valence-electron chi connectivity index (χ4n) is 1.92. The number of likely N-dealkylation sites (N-methyl/N-ethyl adjacent to an activating group) is 1. The average molecular weight is 289 g/mol. The lowest BCUT2D eigenvalue weighted by Crippen LogP contribution is -2.28. The van der Waals surface area contributed by atoms with Crippen LogP contribution in [-0.4, -0.2) is 24.4 Å². The van der Waals surface area contributed by atoms with E-state index in [0.717, 1.165) is 6.42 Å². The number of hydrogen-bond donors (Lipinski definition) is 1. The van der Waals surface area contributed by atoms with Gasteiger partial charge in [0.1, 0.15) is 0 Å². The standard InChI is InChI=1S/C16H17ClN2O/c1-19(10-9-12-5-3-2-4-6-12)16(20)13-7-8-15(18)14(17)11-13/h2-8,11H,9-10,18H2,1H3. The van der Waals surface area contributed by atoms with Gasteiger partial charge < -0.3 is 10.6 Å². The molecule has 0 heterocycles. The molecule has 2 rings (SSSR count). The molecule has 0 atom stereocenters. The van der Waals surface area contributed by atoms with Crippen molar-refractivity contribution in [3.63, 3.8) is 0 Å². The quantitative estimate of drug-likeness (QED) is 0.878. The number of benzene rings is 2. The molecule has 0 aromatic heterocycles. The summed E-state index contributed by atoms with van der Waals surface area (Å²) in [4.78, 5) is 13.9. The smallest absolute Gasteiger partial charge is 0.253 e. The molecule has 0 saturated carbocycles. The van der Waals surface area contributed by atoms with E-state index in [1.54, 1.807) is 30.1 Å². The van der Waals surface area contributed by atoms with Gasteiger partial charge in [0.15, 0.2) is 0 Å². The lowest BCUT2D eigenvalue weighted by atomic mass is 10.1. The molecule has 104 valence electrons. The lowest BCUT2D eigenvalue weighted by molar-refractivity contribution is 0.0796. The van der Waals surface area contributed by atoms with Gasteiger partial charge in [-0.2, -0.15) is 0 Å². The largest absolute Gasteiger partial charge is 0.398 e. The number of nitrogens with two attached hydrogens (primary N) is 1. The van der Waals surface area contributed by atoms with Crippen LogP contribution in [0.3, 0.4) is 0 Å². The van der Waals surface area contributed by atoms with Crippen molar-refractivity contribution >= 4 is 23.2 Å². The summed E-state index contributed by atoms with van der Waals surface area (Å²) < 4.78 is 0. The Morgan fingerprint density at radius 1 is 1.20 bits per heavy atom. The molecule has 1 amide bonds. The fourth-order valence-corrected chi connectivity index (χ4v) is 2.10. The Balaban J connectivity index is 1.99. The molecule has 3 nitrogen and oxygen atoms in total. The van der Waals surface area contributed by atoms with E-state index >= 15 is 0 Å². The summed E-state index contributed by atoms with van der Waals surface area (Å²) in [6, 6.07) is 15.0. The molecule has 0 aliphatic rings.